The Morgan fingerprint density at radius 2 is 2.11 bits per heavy atom. The van der Waals surface area contributed by atoms with Gasteiger partial charge >= 0.3 is 6.03 Å². The first-order chi connectivity index (χ1) is 17.2. The molecule has 1 aromatic carbocycles. The van der Waals surface area contributed by atoms with Crippen molar-refractivity contribution in [3.05, 3.63) is 41.4 Å². The molecule has 2 fully saturated rings. The van der Waals surface area contributed by atoms with Crippen LogP contribution in [0.4, 0.5) is 10.6 Å². The first kappa shape index (κ1) is 22.3. The molecule has 3 N–H and O–H groups in total. The molecule has 10 heteroatoms. The van der Waals surface area contributed by atoms with Gasteiger partial charge in [-0.05, 0) is 24.6 Å². The summed E-state index contributed by atoms with van der Waals surface area (Å²) < 4.78 is 6.74. The highest BCUT2D eigenvalue weighted by Crippen LogP contribution is 2.36. The van der Waals surface area contributed by atoms with E-state index in [0.717, 1.165) is 77.5 Å². The number of hydrogen-bond acceptors (Lipinski definition) is 7. The van der Waals surface area contributed by atoms with Crippen molar-refractivity contribution in [3.63, 3.8) is 0 Å². The summed E-state index contributed by atoms with van der Waals surface area (Å²) in [5.74, 6) is 1.75. The molecule has 1 atom stereocenters. The first-order valence-corrected chi connectivity index (χ1v) is 12.9. The van der Waals surface area contributed by atoms with Gasteiger partial charge in [-0.15, -0.1) is 11.3 Å². The van der Waals surface area contributed by atoms with Crippen LogP contribution in [0.2, 0.25) is 0 Å². The lowest BCUT2D eigenvalue weighted by Gasteiger charge is -2.28. The van der Waals surface area contributed by atoms with Crippen molar-refractivity contribution < 1.29 is 9.53 Å². The molecule has 3 aromatic heterocycles. The quantitative estimate of drug-likeness (QED) is 0.397. The minimum absolute atomic E-state index is 0.117. The van der Waals surface area contributed by atoms with Gasteiger partial charge in [0.2, 0.25) is 0 Å². The second-order valence-electron chi connectivity index (χ2n) is 9.09. The maximum Gasteiger partial charge on any atom is 0.314 e. The van der Waals surface area contributed by atoms with E-state index in [9.17, 15) is 4.79 Å². The van der Waals surface area contributed by atoms with Gasteiger partial charge in [-0.25, -0.2) is 14.8 Å². The number of ether oxygens (including phenoxy) is 1. The number of carbonyl (C=O) groups excluding carboxylic acids is 1. The second kappa shape index (κ2) is 9.44. The fourth-order valence-electron chi connectivity index (χ4n) is 5.00. The monoisotopic (exact) mass is 491 g/mol. The van der Waals surface area contributed by atoms with E-state index in [2.05, 4.69) is 49.7 Å². The number of morpholine rings is 1. The number of benzene rings is 1. The van der Waals surface area contributed by atoms with E-state index in [1.165, 1.54) is 4.88 Å². The molecular formula is C25H29N7O2S. The lowest BCUT2D eigenvalue weighted by molar-refractivity contribution is 0.122. The number of nitrogens with zero attached hydrogens (tertiary/aromatic N) is 4. The highest BCUT2D eigenvalue weighted by Gasteiger charge is 2.25. The van der Waals surface area contributed by atoms with Crippen LogP contribution >= 0.6 is 11.3 Å². The van der Waals surface area contributed by atoms with Crippen LogP contribution in [0.3, 0.4) is 0 Å². The van der Waals surface area contributed by atoms with E-state index >= 15 is 0 Å². The SMILES string of the molecule is CNC(=O)NC1CCN(Cc2cc3nc(-c4cccc5[nH]ccc45)nc(N4CCOCC4)c3s2)C1. The summed E-state index contributed by atoms with van der Waals surface area (Å²) in [6.07, 6.45) is 2.92. The van der Waals surface area contributed by atoms with Crippen molar-refractivity contribution in [2.75, 3.05) is 51.3 Å². The zero-order valence-corrected chi connectivity index (χ0v) is 20.5. The van der Waals surface area contributed by atoms with E-state index in [-0.39, 0.29) is 12.1 Å². The van der Waals surface area contributed by atoms with Crippen molar-refractivity contribution in [3.8, 4) is 11.4 Å². The number of thiophene rings is 1. The minimum Gasteiger partial charge on any atom is -0.378 e. The zero-order valence-electron chi connectivity index (χ0n) is 19.7. The van der Waals surface area contributed by atoms with Gasteiger partial charge in [0.1, 0.15) is 0 Å². The number of hydrogen-bond donors (Lipinski definition) is 3. The minimum atomic E-state index is -0.117. The number of H-pyrrole nitrogens is 1. The molecule has 0 saturated carbocycles. The van der Waals surface area contributed by atoms with E-state index in [0.29, 0.717) is 13.2 Å². The molecule has 6 rings (SSSR count). The summed E-state index contributed by atoms with van der Waals surface area (Å²) in [5, 5.41) is 6.80. The molecule has 5 heterocycles. The molecule has 182 valence electrons. The number of amides is 2. The molecule has 2 aliphatic rings. The van der Waals surface area contributed by atoms with Gasteiger partial charge < -0.3 is 25.3 Å². The third-order valence-corrected chi connectivity index (χ3v) is 7.87. The molecule has 0 aliphatic carbocycles. The average molecular weight is 492 g/mol. The predicted octanol–water partition coefficient (Wildman–Crippen LogP) is 3.18. The molecule has 4 aromatic rings. The van der Waals surface area contributed by atoms with Crippen molar-refractivity contribution in [2.45, 2.75) is 19.0 Å². The summed E-state index contributed by atoms with van der Waals surface area (Å²) in [6.45, 7) is 5.73. The Hall–Kier alpha value is -3.21. The first-order valence-electron chi connectivity index (χ1n) is 12.1. The predicted molar refractivity (Wildman–Crippen MR) is 139 cm³/mol. The van der Waals surface area contributed by atoms with Gasteiger partial charge in [0.25, 0.3) is 0 Å². The standard InChI is InChI=1S/C25H29N7O2S/c1-26-25(33)28-16-6-8-31(14-16)15-17-13-21-22(35-17)24(32-9-11-34-12-10-32)30-23(29-21)19-3-2-4-20-18(19)5-7-27-20/h2-5,7,13,16,27H,6,8-12,14-15H2,1H3,(H2,26,28,33). The van der Waals surface area contributed by atoms with Crippen LogP contribution in [0.25, 0.3) is 32.5 Å². The third-order valence-electron chi connectivity index (χ3n) is 6.77. The summed E-state index contributed by atoms with van der Waals surface area (Å²) in [4.78, 5) is 31.1. The molecule has 1 unspecified atom stereocenters. The molecule has 0 radical (unpaired) electrons. The lowest BCUT2D eigenvalue weighted by atomic mass is 10.1. The van der Waals surface area contributed by atoms with Crippen LogP contribution in [-0.2, 0) is 11.3 Å². The summed E-state index contributed by atoms with van der Waals surface area (Å²) >= 11 is 1.78. The van der Waals surface area contributed by atoms with E-state index in [1.54, 1.807) is 18.4 Å². The van der Waals surface area contributed by atoms with E-state index in [4.69, 9.17) is 14.7 Å². The van der Waals surface area contributed by atoms with Crippen molar-refractivity contribution in [2.24, 2.45) is 0 Å². The highest BCUT2D eigenvalue weighted by atomic mass is 32.1. The third kappa shape index (κ3) is 4.44. The fraction of sp³-hybridized carbons (Fsp3) is 0.400. The number of nitrogens with one attached hydrogen (secondary N) is 3. The highest BCUT2D eigenvalue weighted by molar-refractivity contribution is 7.19. The summed E-state index contributed by atoms with van der Waals surface area (Å²) in [5.41, 5.74) is 3.11. The fourth-order valence-corrected chi connectivity index (χ4v) is 6.16. The molecule has 2 aliphatic heterocycles. The van der Waals surface area contributed by atoms with E-state index < -0.39 is 0 Å². The van der Waals surface area contributed by atoms with Gasteiger partial charge in [0, 0.05) is 73.4 Å². The van der Waals surface area contributed by atoms with Gasteiger partial charge in [-0.3, -0.25) is 4.90 Å². The maximum atomic E-state index is 11.7. The van der Waals surface area contributed by atoms with Crippen LogP contribution in [0.5, 0.6) is 0 Å². The Labute approximate surface area is 207 Å². The topological polar surface area (TPSA) is 98.4 Å². The van der Waals surface area contributed by atoms with Crippen molar-refractivity contribution in [1.82, 2.24) is 30.5 Å². The number of aromatic nitrogens is 3. The van der Waals surface area contributed by atoms with Crippen molar-refractivity contribution in [1.29, 1.82) is 0 Å². The van der Waals surface area contributed by atoms with Crippen LogP contribution in [0, 0.1) is 0 Å². The number of rotatable bonds is 5. The number of aromatic amines is 1. The second-order valence-corrected chi connectivity index (χ2v) is 10.2. The average Bonchev–Trinajstić information content (AvgIpc) is 3.63. The largest absolute Gasteiger partial charge is 0.378 e. The smallest absolute Gasteiger partial charge is 0.314 e. The molecule has 2 saturated heterocycles. The van der Waals surface area contributed by atoms with Gasteiger partial charge in [0.05, 0.1) is 23.4 Å². The number of fused-ring (bicyclic) bond motifs is 2. The van der Waals surface area contributed by atoms with Crippen LogP contribution in [0.1, 0.15) is 11.3 Å². The number of urea groups is 1. The molecular weight excluding hydrogens is 462 g/mol. The Kier molecular flexibility index (Phi) is 6.01. The zero-order chi connectivity index (χ0) is 23.8. The van der Waals surface area contributed by atoms with Crippen LogP contribution in [0.15, 0.2) is 36.5 Å². The van der Waals surface area contributed by atoms with Crippen LogP contribution in [-0.4, -0.2) is 78.4 Å². The number of likely N-dealkylation sites (tertiary alicyclic amines) is 1. The van der Waals surface area contributed by atoms with Crippen LogP contribution < -0.4 is 15.5 Å². The Morgan fingerprint density at radius 1 is 1.23 bits per heavy atom. The Balaban J connectivity index is 1.34. The maximum absolute atomic E-state index is 11.7. The number of anilines is 1. The summed E-state index contributed by atoms with van der Waals surface area (Å²) in [6, 6.07) is 10.6. The molecule has 0 bridgehead atoms. The summed E-state index contributed by atoms with van der Waals surface area (Å²) in [7, 11) is 1.65. The molecule has 35 heavy (non-hydrogen) atoms. The lowest BCUT2D eigenvalue weighted by Crippen LogP contribution is -2.41. The molecule has 0 spiro atoms. The number of carbonyl (C=O) groups is 1. The Bertz CT molecular complexity index is 1360. The normalized spacial score (nSPS) is 19.0. The van der Waals surface area contributed by atoms with Gasteiger partial charge in [-0.2, -0.15) is 0 Å². The molecule has 9 nitrogen and oxygen atoms in total. The van der Waals surface area contributed by atoms with Crippen molar-refractivity contribution >= 4 is 44.3 Å². The van der Waals surface area contributed by atoms with Gasteiger partial charge in [-0.1, -0.05) is 12.1 Å². The van der Waals surface area contributed by atoms with Gasteiger partial charge in [0.15, 0.2) is 11.6 Å². The van der Waals surface area contributed by atoms with E-state index in [1.807, 2.05) is 12.3 Å². The Morgan fingerprint density at radius 3 is 2.97 bits per heavy atom. The molecule has 2 amide bonds.